The molecule has 11 nitrogen and oxygen atoms in total. The molecule has 0 spiro atoms. The number of rotatable bonds is 17. The van der Waals surface area contributed by atoms with Crippen LogP contribution < -0.4 is 5.32 Å². The number of benzene rings is 3. The number of aliphatic hydroxyl groups is 2. The van der Waals surface area contributed by atoms with E-state index in [1.807, 2.05) is 71.3 Å². The molecule has 0 fully saturated rings. The number of aryl methyl sites for hydroxylation is 1. The lowest BCUT2D eigenvalue weighted by molar-refractivity contribution is -0.137. The number of carboxylic acid groups (broad SMARTS) is 1. The largest absolute Gasteiger partial charge is 0.481 e. The maximum absolute atomic E-state index is 13.7. The summed E-state index contributed by atoms with van der Waals surface area (Å²) in [4.78, 5) is 42.5. The molecule has 3 unspecified atom stereocenters. The van der Waals surface area contributed by atoms with E-state index in [4.69, 9.17) is 5.10 Å². The fourth-order valence-corrected chi connectivity index (χ4v) is 6.95. The van der Waals surface area contributed by atoms with Crippen molar-refractivity contribution in [1.82, 2.24) is 19.6 Å². The maximum Gasteiger partial charge on any atom is 0.303 e. The number of nitrogens with zero attached hydrogens (tertiary/aromatic N) is 4. The SMILES string of the molecule is CCCCN(CCCC)C(=O)c1cc(C)n(-c2ccc(NC(=O)CC(CC(=O)O)c3ccccc3)cc2C(O)N2Cc3ccccc3CC2CO)n1. The molecule has 11 heteroatoms. The summed E-state index contributed by atoms with van der Waals surface area (Å²) in [5, 5.41) is 39.9. The van der Waals surface area contributed by atoms with E-state index in [0.29, 0.717) is 54.4 Å². The molecule has 1 aliphatic rings. The highest BCUT2D eigenvalue weighted by molar-refractivity contribution is 5.93. The minimum atomic E-state index is -1.21. The second-order valence-corrected chi connectivity index (χ2v) is 13.7. The Labute approximate surface area is 305 Å². The van der Waals surface area contributed by atoms with E-state index in [2.05, 4.69) is 19.2 Å². The highest BCUT2D eigenvalue weighted by atomic mass is 16.4. The highest BCUT2D eigenvalue weighted by Crippen LogP contribution is 2.35. The van der Waals surface area contributed by atoms with Crippen molar-refractivity contribution >= 4 is 23.5 Å². The van der Waals surface area contributed by atoms with Gasteiger partial charge in [0.1, 0.15) is 6.23 Å². The Bertz CT molecular complexity index is 1820. The van der Waals surface area contributed by atoms with Gasteiger partial charge in [-0.25, -0.2) is 4.68 Å². The zero-order valence-electron chi connectivity index (χ0n) is 30.4. The minimum absolute atomic E-state index is 0.0538. The summed E-state index contributed by atoms with van der Waals surface area (Å²) in [6.07, 6.45) is 2.80. The third-order valence-electron chi connectivity index (χ3n) is 9.82. The Morgan fingerprint density at radius 1 is 0.923 bits per heavy atom. The van der Waals surface area contributed by atoms with Crippen molar-refractivity contribution in [1.29, 1.82) is 0 Å². The van der Waals surface area contributed by atoms with Crippen molar-refractivity contribution in [3.63, 3.8) is 0 Å². The summed E-state index contributed by atoms with van der Waals surface area (Å²) in [5.74, 6) is -2.04. The summed E-state index contributed by atoms with van der Waals surface area (Å²) >= 11 is 0. The number of unbranched alkanes of at least 4 members (excludes halogenated alkanes) is 2. The average Bonchev–Trinajstić information content (AvgIpc) is 3.54. The number of aliphatic carboxylic acids is 1. The number of hydrogen-bond donors (Lipinski definition) is 4. The third-order valence-corrected chi connectivity index (χ3v) is 9.82. The van der Waals surface area contributed by atoms with Crippen LogP contribution in [0.3, 0.4) is 0 Å². The lowest BCUT2D eigenvalue weighted by Gasteiger charge is -2.39. The molecule has 52 heavy (non-hydrogen) atoms. The monoisotopic (exact) mass is 709 g/mol. The molecule has 0 aliphatic carbocycles. The molecule has 3 atom stereocenters. The van der Waals surface area contributed by atoms with Crippen LogP contribution in [0.5, 0.6) is 0 Å². The van der Waals surface area contributed by atoms with E-state index < -0.39 is 18.1 Å². The fraction of sp³-hybridized carbons (Fsp3) is 0.415. The van der Waals surface area contributed by atoms with Gasteiger partial charge in [-0.2, -0.15) is 5.10 Å². The Morgan fingerprint density at radius 3 is 2.25 bits per heavy atom. The first kappa shape index (κ1) is 38.4. The Balaban J connectivity index is 1.50. The van der Waals surface area contributed by atoms with Crippen LogP contribution in [0, 0.1) is 6.92 Å². The van der Waals surface area contributed by atoms with Crippen LogP contribution in [0.25, 0.3) is 5.69 Å². The van der Waals surface area contributed by atoms with Gasteiger partial charge in [-0.15, -0.1) is 0 Å². The van der Waals surface area contributed by atoms with E-state index in [1.54, 1.807) is 28.9 Å². The van der Waals surface area contributed by atoms with Crippen LogP contribution in [0.4, 0.5) is 5.69 Å². The van der Waals surface area contributed by atoms with Crippen LogP contribution >= 0.6 is 0 Å². The number of aliphatic hydroxyl groups excluding tert-OH is 2. The average molecular weight is 710 g/mol. The molecular formula is C41H51N5O6. The first-order valence-electron chi connectivity index (χ1n) is 18.3. The van der Waals surface area contributed by atoms with Gasteiger partial charge in [0.05, 0.1) is 18.7 Å². The first-order chi connectivity index (χ1) is 25.1. The highest BCUT2D eigenvalue weighted by Gasteiger charge is 2.33. The van der Waals surface area contributed by atoms with E-state index in [-0.39, 0.29) is 37.3 Å². The molecule has 5 rings (SSSR count). The Hall–Kier alpha value is -4.84. The van der Waals surface area contributed by atoms with Gasteiger partial charge < -0.3 is 25.5 Å². The summed E-state index contributed by atoms with van der Waals surface area (Å²) < 4.78 is 1.65. The van der Waals surface area contributed by atoms with Crippen molar-refractivity contribution in [2.24, 2.45) is 0 Å². The van der Waals surface area contributed by atoms with Gasteiger partial charge in [0.15, 0.2) is 5.69 Å². The van der Waals surface area contributed by atoms with E-state index in [1.165, 1.54) is 0 Å². The van der Waals surface area contributed by atoms with Crippen LogP contribution in [0.2, 0.25) is 0 Å². The molecule has 4 aromatic rings. The number of carbonyl (C=O) groups is 3. The van der Waals surface area contributed by atoms with E-state index in [0.717, 1.165) is 42.4 Å². The second kappa shape index (κ2) is 18.1. The number of carboxylic acids is 1. The molecule has 1 aliphatic heterocycles. The normalized spacial score (nSPS) is 15.4. The zero-order chi connectivity index (χ0) is 37.2. The molecular weight excluding hydrogens is 658 g/mol. The maximum atomic E-state index is 13.7. The quantitative estimate of drug-likeness (QED) is 0.101. The molecule has 276 valence electrons. The molecule has 0 radical (unpaired) electrons. The molecule has 2 heterocycles. The summed E-state index contributed by atoms with van der Waals surface area (Å²) in [6, 6.07) is 23.6. The van der Waals surface area contributed by atoms with Crippen LogP contribution in [-0.4, -0.2) is 78.4 Å². The molecule has 2 amide bonds. The van der Waals surface area contributed by atoms with E-state index in [9.17, 15) is 29.7 Å². The smallest absolute Gasteiger partial charge is 0.303 e. The number of hydrogen-bond acceptors (Lipinski definition) is 7. The predicted octanol–water partition coefficient (Wildman–Crippen LogP) is 6.22. The molecule has 0 saturated carbocycles. The van der Waals surface area contributed by atoms with Gasteiger partial charge in [0, 0.05) is 55.0 Å². The van der Waals surface area contributed by atoms with Crippen molar-refractivity contribution in [2.45, 2.75) is 90.4 Å². The van der Waals surface area contributed by atoms with Gasteiger partial charge in [0.2, 0.25) is 5.91 Å². The van der Waals surface area contributed by atoms with Crippen molar-refractivity contribution in [2.75, 3.05) is 25.0 Å². The summed E-state index contributed by atoms with van der Waals surface area (Å²) in [6.45, 7) is 7.56. The molecule has 0 bridgehead atoms. The van der Waals surface area contributed by atoms with Gasteiger partial charge in [-0.05, 0) is 67.1 Å². The minimum Gasteiger partial charge on any atom is -0.481 e. The number of fused-ring (bicyclic) bond motifs is 1. The van der Waals surface area contributed by atoms with Gasteiger partial charge >= 0.3 is 5.97 Å². The van der Waals surface area contributed by atoms with Gasteiger partial charge in [0.25, 0.3) is 5.91 Å². The predicted molar refractivity (Wildman–Crippen MR) is 200 cm³/mol. The van der Waals surface area contributed by atoms with Crippen LogP contribution in [0.1, 0.15) is 103 Å². The topological polar surface area (TPSA) is 148 Å². The van der Waals surface area contributed by atoms with Gasteiger partial charge in [-0.1, -0.05) is 81.3 Å². The summed E-state index contributed by atoms with van der Waals surface area (Å²) in [5.41, 5.74) is 5.30. The number of nitrogens with one attached hydrogen (secondary N) is 1. The van der Waals surface area contributed by atoms with E-state index >= 15 is 0 Å². The molecule has 3 aromatic carbocycles. The van der Waals surface area contributed by atoms with Crippen LogP contribution in [-0.2, 0) is 22.6 Å². The van der Waals surface area contributed by atoms with Crippen molar-refractivity contribution in [3.05, 3.63) is 113 Å². The zero-order valence-corrected chi connectivity index (χ0v) is 30.4. The fourth-order valence-electron chi connectivity index (χ4n) is 6.95. The standard InChI is InChI=1S/C41H51N5O6/c1-4-6-19-44(20-7-5-2)41(52)36-21-28(3)46(43-36)37-18-17-33(42-38(48)23-32(24-39(49)50)29-13-9-8-10-14-29)25-35(37)40(51)45-26-31-16-12-11-15-30(31)22-34(45)27-47/h8-18,21,25,32,34,40,47,51H,4-7,19-20,22-24,26-27H2,1-3H3,(H,42,48)(H,49,50). The Kier molecular flexibility index (Phi) is 13.3. The molecule has 0 saturated heterocycles. The van der Waals surface area contributed by atoms with Gasteiger partial charge in [-0.3, -0.25) is 19.3 Å². The van der Waals surface area contributed by atoms with Crippen LogP contribution in [0.15, 0.2) is 78.9 Å². The number of aromatic nitrogens is 2. The number of amides is 2. The lowest BCUT2D eigenvalue weighted by Crippen LogP contribution is -2.45. The first-order valence-corrected chi connectivity index (χ1v) is 18.3. The summed E-state index contributed by atoms with van der Waals surface area (Å²) in [7, 11) is 0. The third kappa shape index (κ3) is 9.33. The molecule has 4 N–H and O–H groups in total. The second-order valence-electron chi connectivity index (χ2n) is 13.7. The number of carbonyl (C=O) groups excluding carboxylic acids is 2. The van der Waals surface area contributed by atoms with Crippen molar-refractivity contribution in [3.8, 4) is 5.69 Å². The Morgan fingerprint density at radius 2 is 1.60 bits per heavy atom. The lowest BCUT2D eigenvalue weighted by atomic mass is 9.92. The number of anilines is 1. The van der Waals surface area contributed by atoms with Crippen molar-refractivity contribution < 1.29 is 29.7 Å². The molecule has 1 aromatic heterocycles.